The summed E-state index contributed by atoms with van der Waals surface area (Å²) in [6.45, 7) is 1.31. The lowest BCUT2D eigenvalue weighted by Crippen LogP contribution is -2.39. The lowest BCUT2D eigenvalue weighted by molar-refractivity contribution is 0.393. The number of aromatic nitrogens is 2. The van der Waals surface area contributed by atoms with Crippen LogP contribution in [0.2, 0.25) is 0 Å². The zero-order chi connectivity index (χ0) is 14.8. The van der Waals surface area contributed by atoms with E-state index in [9.17, 15) is 4.79 Å². The summed E-state index contributed by atoms with van der Waals surface area (Å²) in [7, 11) is 1.63. The van der Waals surface area contributed by atoms with Gasteiger partial charge >= 0.3 is 0 Å². The minimum atomic E-state index is -0.0340. The zero-order valence-corrected chi connectivity index (χ0v) is 12.4. The van der Waals surface area contributed by atoms with Crippen LogP contribution < -0.4 is 15.6 Å². The summed E-state index contributed by atoms with van der Waals surface area (Å²) >= 11 is 5.46. The van der Waals surface area contributed by atoms with Gasteiger partial charge in [-0.05, 0) is 30.8 Å². The molecule has 2 aromatic rings. The summed E-state index contributed by atoms with van der Waals surface area (Å²) in [6.07, 6.45) is 0.682. The molecule has 0 amide bonds. The van der Waals surface area contributed by atoms with Gasteiger partial charge in [0.2, 0.25) is 0 Å². The third-order valence-corrected chi connectivity index (χ3v) is 3.94. The number of benzene rings is 1. The van der Waals surface area contributed by atoms with Crippen LogP contribution in [-0.2, 0) is 13.0 Å². The van der Waals surface area contributed by atoms with E-state index in [2.05, 4.69) is 15.5 Å². The van der Waals surface area contributed by atoms with Crippen LogP contribution in [0.4, 0.5) is 5.69 Å². The average molecular weight is 304 g/mol. The number of nitrogens with zero attached hydrogens (tertiary/aromatic N) is 1. The van der Waals surface area contributed by atoms with Gasteiger partial charge in [-0.1, -0.05) is 12.1 Å². The van der Waals surface area contributed by atoms with Crippen molar-refractivity contribution in [2.75, 3.05) is 19.0 Å². The van der Waals surface area contributed by atoms with Crippen molar-refractivity contribution in [3.63, 3.8) is 0 Å². The first kappa shape index (κ1) is 13.7. The van der Waals surface area contributed by atoms with Crippen molar-refractivity contribution in [1.82, 2.24) is 15.1 Å². The number of hydrogen-bond acceptors (Lipinski definition) is 3. The first-order chi connectivity index (χ1) is 10.2. The highest BCUT2D eigenvalue weighted by atomic mass is 32.1. The van der Waals surface area contributed by atoms with Gasteiger partial charge in [0.05, 0.1) is 25.0 Å². The molecular formula is C14H16N4O2S. The molecule has 1 aliphatic heterocycles. The van der Waals surface area contributed by atoms with Crippen molar-refractivity contribution in [3.8, 4) is 5.75 Å². The molecular weight excluding hydrogens is 288 g/mol. The van der Waals surface area contributed by atoms with Crippen LogP contribution in [0.25, 0.3) is 0 Å². The molecule has 0 bridgehead atoms. The first-order valence-electron chi connectivity index (χ1n) is 6.66. The Morgan fingerprint density at radius 3 is 3.00 bits per heavy atom. The van der Waals surface area contributed by atoms with Gasteiger partial charge < -0.3 is 20.1 Å². The van der Waals surface area contributed by atoms with Crippen LogP contribution in [-0.4, -0.2) is 33.9 Å². The number of aromatic amines is 2. The second-order valence-corrected chi connectivity index (χ2v) is 5.22. The predicted molar refractivity (Wildman–Crippen MR) is 84.7 cm³/mol. The topological polar surface area (TPSA) is 73.2 Å². The number of anilines is 1. The van der Waals surface area contributed by atoms with Gasteiger partial charge in [0.25, 0.3) is 5.56 Å². The van der Waals surface area contributed by atoms with E-state index in [4.69, 9.17) is 17.0 Å². The SMILES string of the molecule is COc1ccccc1NC(=S)N1CCc2c([nH][nH]c2=O)C1. The number of hydrogen-bond donors (Lipinski definition) is 3. The summed E-state index contributed by atoms with van der Waals surface area (Å²) in [5.74, 6) is 0.743. The smallest absolute Gasteiger partial charge is 0.267 e. The summed E-state index contributed by atoms with van der Waals surface area (Å²) in [6, 6.07) is 7.62. The Bertz CT molecular complexity index is 722. The largest absolute Gasteiger partial charge is 0.495 e. The normalized spacial score (nSPS) is 13.7. The Balaban J connectivity index is 1.74. The Kier molecular flexibility index (Phi) is 3.66. The minimum Gasteiger partial charge on any atom is -0.495 e. The number of methoxy groups -OCH3 is 1. The maximum absolute atomic E-state index is 11.5. The number of thiocarbonyl (C=S) groups is 1. The molecule has 0 saturated carbocycles. The Hall–Kier alpha value is -2.28. The number of nitrogens with one attached hydrogen (secondary N) is 3. The number of para-hydroxylation sites is 2. The molecule has 0 fully saturated rings. The van der Waals surface area contributed by atoms with Crippen LogP contribution >= 0.6 is 12.2 Å². The van der Waals surface area contributed by atoms with Crippen LogP contribution in [0, 0.1) is 0 Å². The van der Waals surface area contributed by atoms with Crippen molar-refractivity contribution >= 4 is 23.0 Å². The van der Waals surface area contributed by atoms with Crippen LogP contribution in [0.3, 0.4) is 0 Å². The highest BCUT2D eigenvalue weighted by molar-refractivity contribution is 7.80. The van der Waals surface area contributed by atoms with Gasteiger partial charge in [0.15, 0.2) is 5.11 Å². The molecule has 110 valence electrons. The highest BCUT2D eigenvalue weighted by Crippen LogP contribution is 2.24. The van der Waals surface area contributed by atoms with Gasteiger partial charge in [-0.25, -0.2) is 0 Å². The molecule has 3 N–H and O–H groups in total. The molecule has 3 rings (SSSR count). The molecule has 0 unspecified atom stereocenters. The highest BCUT2D eigenvalue weighted by Gasteiger charge is 2.22. The maximum atomic E-state index is 11.5. The second-order valence-electron chi connectivity index (χ2n) is 4.84. The van der Waals surface area contributed by atoms with Gasteiger partial charge in [-0.2, -0.15) is 0 Å². The molecule has 0 aliphatic carbocycles. The maximum Gasteiger partial charge on any atom is 0.267 e. The molecule has 1 aromatic carbocycles. The molecule has 21 heavy (non-hydrogen) atoms. The standard InChI is InChI=1S/C14H16N4O2S/c1-20-12-5-3-2-4-10(12)15-14(21)18-7-6-9-11(8-18)16-17-13(9)19/h2-5H,6-8H2,1H3,(H,15,21)(H2,16,17,19). The second kappa shape index (κ2) is 5.61. The van der Waals surface area contributed by atoms with Crippen LogP contribution in [0.15, 0.2) is 29.1 Å². The third-order valence-electron chi connectivity index (χ3n) is 3.58. The van der Waals surface area contributed by atoms with Crippen molar-refractivity contribution in [1.29, 1.82) is 0 Å². The monoisotopic (exact) mass is 304 g/mol. The third kappa shape index (κ3) is 2.64. The van der Waals surface area contributed by atoms with E-state index in [-0.39, 0.29) is 5.56 Å². The van der Waals surface area contributed by atoms with E-state index < -0.39 is 0 Å². The molecule has 1 aliphatic rings. The molecule has 1 aromatic heterocycles. The zero-order valence-electron chi connectivity index (χ0n) is 11.6. The fourth-order valence-corrected chi connectivity index (χ4v) is 2.72. The van der Waals surface area contributed by atoms with E-state index in [1.807, 2.05) is 29.2 Å². The van der Waals surface area contributed by atoms with Gasteiger partial charge in [-0.15, -0.1) is 0 Å². The number of fused-ring (bicyclic) bond motifs is 1. The average Bonchev–Trinajstić information content (AvgIpc) is 2.88. The molecule has 0 spiro atoms. The van der Waals surface area contributed by atoms with E-state index in [0.29, 0.717) is 18.1 Å². The van der Waals surface area contributed by atoms with Crippen LogP contribution in [0.5, 0.6) is 5.75 Å². The fraction of sp³-hybridized carbons (Fsp3) is 0.286. The number of rotatable bonds is 2. The molecule has 7 heteroatoms. The molecule has 0 atom stereocenters. The van der Waals surface area contributed by atoms with E-state index >= 15 is 0 Å². The Morgan fingerprint density at radius 1 is 1.38 bits per heavy atom. The van der Waals surface area contributed by atoms with E-state index in [1.54, 1.807) is 7.11 Å². The van der Waals surface area contributed by atoms with Crippen molar-refractivity contribution < 1.29 is 4.74 Å². The van der Waals surface area contributed by atoms with Gasteiger partial charge in [0.1, 0.15) is 5.75 Å². The summed E-state index contributed by atoms with van der Waals surface area (Å²) < 4.78 is 5.30. The predicted octanol–water partition coefficient (Wildman–Crippen LogP) is 1.47. The summed E-state index contributed by atoms with van der Waals surface area (Å²) in [5, 5.41) is 9.34. The van der Waals surface area contributed by atoms with Crippen molar-refractivity contribution in [3.05, 3.63) is 45.9 Å². The van der Waals surface area contributed by atoms with Crippen LogP contribution in [0.1, 0.15) is 11.3 Å². The Morgan fingerprint density at radius 2 is 2.19 bits per heavy atom. The van der Waals surface area contributed by atoms with Gasteiger partial charge in [-0.3, -0.25) is 9.89 Å². The number of ether oxygens (including phenoxy) is 1. The molecule has 2 heterocycles. The van der Waals surface area contributed by atoms with Crippen molar-refractivity contribution in [2.45, 2.75) is 13.0 Å². The minimum absolute atomic E-state index is 0.0340. The molecule has 0 radical (unpaired) electrons. The Labute approximate surface area is 127 Å². The lowest BCUT2D eigenvalue weighted by atomic mass is 10.1. The lowest BCUT2D eigenvalue weighted by Gasteiger charge is -2.29. The fourth-order valence-electron chi connectivity index (χ4n) is 2.45. The molecule has 0 saturated heterocycles. The first-order valence-corrected chi connectivity index (χ1v) is 7.07. The summed E-state index contributed by atoms with van der Waals surface area (Å²) in [5.41, 5.74) is 2.52. The quantitative estimate of drug-likeness (QED) is 0.733. The van der Waals surface area contributed by atoms with E-state index in [1.165, 1.54) is 0 Å². The van der Waals surface area contributed by atoms with Gasteiger partial charge in [0, 0.05) is 12.1 Å². The summed E-state index contributed by atoms with van der Waals surface area (Å²) in [4.78, 5) is 13.6. The van der Waals surface area contributed by atoms with E-state index in [0.717, 1.165) is 29.2 Å². The number of H-pyrrole nitrogens is 2. The molecule has 6 nitrogen and oxygen atoms in total. The van der Waals surface area contributed by atoms with Crippen molar-refractivity contribution in [2.24, 2.45) is 0 Å².